The van der Waals surface area contributed by atoms with Crippen LogP contribution in [0.1, 0.15) is 20.7 Å². The highest BCUT2D eigenvalue weighted by Crippen LogP contribution is 2.40. The van der Waals surface area contributed by atoms with E-state index in [0.29, 0.717) is 0 Å². The topological polar surface area (TPSA) is 123 Å². The lowest BCUT2D eigenvalue weighted by Crippen LogP contribution is -2.06. The second kappa shape index (κ2) is 6.78. The average molecular weight is 334 g/mol. The summed E-state index contributed by atoms with van der Waals surface area (Å²) in [5.41, 5.74) is -0.637. The number of methoxy groups -OCH3 is 2. The molecule has 0 fully saturated rings. The van der Waals surface area contributed by atoms with Crippen LogP contribution in [0.15, 0.2) is 30.3 Å². The van der Waals surface area contributed by atoms with E-state index in [1.165, 1.54) is 38.5 Å². The van der Waals surface area contributed by atoms with E-state index in [2.05, 4.69) is 0 Å². The van der Waals surface area contributed by atoms with Gasteiger partial charge in [-0.05, 0) is 30.3 Å². The molecule has 126 valence electrons. The highest BCUT2D eigenvalue weighted by Gasteiger charge is 2.24. The van der Waals surface area contributed by atoms with Gasteiger partial charge in [0.15, 0.2) is 11.5 Å². The third-order valence-electron chi connectivity index (χ3n) is 3.13. The monoisotopic (exact) mass is 334 g/mol. The van der Waals surface area contributed by atoms with Crippen molar-refractivity contribution in [1.82, 2.24) is 0 Å². The molecule has 0 aliphatic heterocycles. The Morgan fingerprint density at radius 2 is 1.50 bits per heavy atom. The lowest BCUT2D eigenvalue weighted by Gasteiger charge is -2.15. The van der Waals surface area contributed by atoms with Gasteiger partial charge in [-0.15, -0.1) is 0 Å². The zero-order valence-electron chi connectivity index (χ0n) is 12.8. The van der Waals surface area contributed by atoms with Gasteiger partial charge in [0.1, 0.15) is 28.4 Å². The summed E-state index contributed by atoms with van der Waals surface area (Å²) < 4.78 is 15.6. The van der Waals surface area contributed by atoms with Crippen LogP contribution < -0.4 is 14.2 Å². The van der Waals surface area contributed by atoms with Gasteiger partial charge in [-0.2, -0.15) is 0 Å². The summed E-state index contributed by atoms with van der Waals surface area (Å²) in [6.45, 7) is 0. The fraction of sp³-hybridized carbons (Fsp3) is 0.125. The SMILES string of the molecule is COc1ccc(Oc2ccc(O)cc2C(=O)O)c(C(=O)O)c1OC. The van der Waals surface area contributed by atoms with Crippen LogP contribution in [0, 0.1) is 0 Å². The van der Waals surface area contributed by atoms with Gasteiger partial charge in [-0.1, -0.05) is 0 Å². The molecule has 0 aliphatic carbocycles. The van der Waals surface area contributed by atoms with E-state index in [1.807, 2.05) is 0 Å². The number of carboxylic acid groups (broad SMARTS) is 2. The number of phenolic OH excluding ortho intramolecular Hbond substituents is 1. The highest BCUT2D eigenvalue weighted by atomic mass is 16.5. The van der Waals surface area contributed by atoms with Crippen molar-refractivity contribution >= 4 is 11.9 Å². The van der Waals surface area contributed by atoms with Crippen LogP contribution in [0.4, 0.5) is 0 Å². The first-order valence-electron chi connectivity index (χ1n) is 6.61. The van der Waals surface area contributed by atoms with Crippen LogP contribution in [-0.4, -0.2) is 41.5 Å². The molecule has 0 unspecified atom stereocenters. The molecule has 0 bridgehead atoms. The molecule has 8 nitrogen and oxygen atoms in total. The molecule has 0 atom stereocenters. The normalized spacial score (nSPS) is 10.1. The first-order chi connectivity index (χ1) is 11.4. The molecule has 3 N–H and O–H groups in total. The Morgan fingerprint density at radius 3 is 2.04 bits per heavy atom. The smallest absolute Gasteiger partial charge is 0.343 e. The van der Waals surface area contributed by atoms with Crippen LogP contribution >= 0.6 is 0 Å². The molecule has 0 heterocycles. The maximum atomic E-state index is 11.6. The molecule has 2 rings (SSSR count). The fourth-order valence-corrected chi connectivity index (χ4v) is 2.09. The molecule has 0 aliphatic rings. The Bertz CT molecular complexity index is 797. The molecule has 0 saturated heterocycles. The largest absolute Gasteiger partial charge is 0.508 e. The molecule has 0 saturated carbocycles. The Balaban J connectivity index is 2.59. The number of phenols is 1. The maximum Gasteiger partial charge on any atom is 0.343 e. The first-order valence-corrected chi connectivity index (χ1v) is 6.61. The van der Waals surface area contributed by atoms with Gasteiger partial charge in [0, 0.05) is 0 Å². The third-order valence-corrected chi connectivity index (χ3v) is 3.13. The van der Waals surface area contributed by atoms with Crippen LogP contribution in [0.25, 0.3) is 0 Å². The number of hydrogen-bond acceptors (Lipinski definition) is 6. The van der Waals surface area contributed by atoms with Crippen molar-refractivity contribution in [3.05, 3.63) is 41.5 Å². The van der Waals surface area contributed by atoms with Crippen molar-refractivity contribution in [1.29, 1.82) is 0 Å². The molecule has 0 spiro atoms. The summed E-state index contributed by atoms with van der Waals surface area (Å²) in [7, 11) is 2.63. The Kier molecular flexibility index (Phi) is 4.78. The van der Waals surface area contributed by atoms with Gasteiger partial charge >= 0.3 is 11.9 Å². The van der Waals surface area contributed by atoms with Gasteiger partial charge in [0.05, 0.1) is 14.2 Å². The second-order valence-corrected chi connectivity index (χ2v) is 4.57. The molecule has 8 heteroatoms. The first kappa shape index (κ1) is 16.9. The quantitative estimate of drug-likeness (QED) is 0.736. The van der Waals surface area contributed by atoms with Gasteiger partial charge < -0.3 is 29.5 Å². The van der Waals surface area contributed by atoms with Gasteiger partial charge in [0.2, 0.25) is 0 Å². The molecule has 24 heavy (non-hydrogen) atoms. The summed E-state index contributed by atoms with van der Waals surface area (Å²) in [4.78, 5) is 22.8. The van der Waals surface area contributed by atoms with Gasteiger partial charge in [0.25, 0.3) is 0 Å². The van der Waals surface area contributed by atoms with E-state index < -0.39 is 11.9 Å². The standard InChI is InChI=1S/C16H14O8/c1-22-12-6-5-11(13(16(20)21)14(12)23-2)24-10-4-3-8(17)7-9(10)15(18)19/h3-7,17H,1-2H3,(H,18,19)(H,20,21). The minimum absolute atomic E-state index is 0.0573. The van der Waals surface area contributed by atoms with Crippen LogP contribution in [0.2, 0.25) is 0 Å². The molecule has 0 radical (unpaired) electrons. The number of carbonyl (C=O) groups is 2. The van der Waals surface area contributed by atoms with Crippen LogP contribution in [0.5, 0.6) is 28.7 Å². The van der Waals surface area contributed by atoms with Crippen molar-refractivity contribution in [3.63, 3.8) is 0 Å². The van der Waals surface area contributed by atoms with E-state index in [1.54, 1.807) is 0 Å². The van der Waals surface area contributed by atoms with E-state index in [-0.39, 0.29) is 39.9 Å². The average Bonchev–Trinajstić information content (AvgIpc) is 2.55. The Labute approximate surface area is 136 Å². The number of benzene rings is 2. The Hall–Kier alpha value is -3.42. The number of ether oxygens (including phenoxy) is 3. The number of carboxylic acids is 2. The molecule has 0 aromatic heterocycles. The maximum absolute atomic E-state index is 11.6. The minimum atomic E-state index is -1.34. The number of rotatable bonds is 6. The lowest BCUT2D eigenvalue weighted by molar-refractivity contribution is 0.0685. The lowest BCUT2D eigenvalue weighted by atomic mass is 10.1. The number of aromatic hydroxyl groups is 1. The molecular weight excluding hydrogens is 320 g/mol. The van der Waals surface area contributed by atoms with E-state index in [9.17, 15) is 24.9 Å². The number of aromatic carboxylic acids is 2. The fourth-order valence-electron chi connectivity index (χ4n) is 2.09. The summed E-state index contributed by atoms with van der Waals surface area (Å²) in [5.74, 6) is -3.06. The third kappa shape index (κ3) is 3.17. The summed E-state index contributed by atoms with van der Waals surface area (Å²) in [5, 5.41) is 28.0. The summed E-state index contributed by atoms with van der Waals surface area (Å²) in [6.07, 6.45) is 0. The predicted molar refractivity (Wildman–Crippen MR) is 81.6 cm³/mol. The molecule has 2 aromatic rings. The summed E-state index contributed by atoms with van der Waals surface area (Å²) >= 11 is 0. The van der Waals surface area contributed by atoms with E-state index in [4.69, 9.17) is 14.2 Å². The zero-order chi connectivity index (χ0) is 17.9. The van der Waals surface area contributed by atoms with Crippen molar-refractivity contribution < 1.29 is 39.1 Å². The zero-order valence-corrected chi connectivity index (χ0v) is 12.8. The van der Waals surface area contributed by atoms with Crippen molar-refractivity contribution in [2.45, 2.75) is 0 Å². The van der Waals surface area contributed by atoms with Crippen LogP contribution in [0.3, 0.4) is 0 Å². The van der Waals surface area contributed by atoms with Gasteiger partial charge in [-0.25, -0.2) is 9.59 Å². The molecule has 0 amide bonds. The highest BCUT2D eigenvalue weighted by molar-refractivity contribution is 5.96. The van der Waals surface area contributed by atoms with Crippen molar-refractivity contribution in [2.24, 2.45) is 0 Å². The minimum Gasteiger partial charge on any atom is -0.508 e. The van der Waals surface area contributed by atoms with E-state index in [0.717, 1.165) is 6.07 Å². The molecular formula is C16H14O8. The van der Waals surface area contributed by atoms with Crippen LogP contribution in [-0.2, 0) is 0 Å². The molecule has 2 aromatic carbocycles. The predicted octanol–water partition coefficient (Wildman–Crippen LogP) is 2.60. The second-order valence-electron chi connectivity index (χ2n) is 4.57. The van der Waals surface area contributed by atoms with Crippen molar-refractivity contribution in [2.75, 3.05) is 14.2 Å². The van der Waals surface area contributed by atoms with E-state index >= 15 is 0 Å². The summed E-state index contributed by atoms with van der Waals surface area (Å²) in [6, 6.07) is 6.20. The van der Waals surface area contributed by atoms with Crippen molar-refractivity contribution in [3.8, 4) is 28.7 Å². The Morgan fingerprint density at radius 1 is 0.875 bits per heavy atom. The van der Waals surface area contributed by atoms with Gasteiger partial charge in [-0.3, -0.25) is 0 Å². The number of hydrogen-bond donors (Lipinski definition) is 3.